The van der Waals surface area contributed by atoms with E-state index in [1.807, 2.05) is 30.8 Å². The zero-order valence-electron chi connectivity index (χ0n) is 13.5. The standard InChI is InChI=1S/C19H19NOSSe/c1-12-4-6-15(7-5-12)19-20-14(3)18(23-19)11-22-16-8-9-17(21)13(2)10-16/h4-10,21H,11H2,1-3H3. The first kappa shape index (κ1) is 16.4. The number of nitrogens with zero attached hydrogens (tertiary/aromatic N) is 1. The van der Waals surface area contributed by atoms with Crippen molar-refractivity contribution >= 4 is 26.3 Å². The van der Waals surface area contributed by atoms with Crippen molar-refractivity contribution in [2.45, 2.75) is 31.4 Å². The molecule has 3 rings (SSSR count). The molecule has 0 radical (unpaired) electrons. The number of aromatic nitrogens is 1. The van der Waals surface area contributed by atoms with Gasteiger partial charge in [0.1, 0.15) is 0 Å². The summed E-state index contributed by atoms with van der Waals surface area (Å²) in [5.74, 6) is 1.33. The van der Waals surface area contributed by atoms with Crippen LogP contribution in [0, 0.1) is 20.8 Å². The van der Waals surface area contributed by atoms with E-state index >= 15 is 0 Å². The summed E-state index contributed by atoms with van der Waals surface area (Å²) in [5, 5.41) is 9.61. The van der Waals surface area contributed by atoms with Crippen molar-refractivity contribution in [1.29, 1.82) is 0 Å². The molecule has 1 heterocycles. The van der Waals surface area contributed by atoms with E-state index in [2.05, 4.69) is 38.1 Å². The number of hydrogen-bond donors (Lipinski definition) is 1. The molecule has 0 aliphatic heterocycles. The topological polar surface area (TPSA) is 33.1 Å². The van der Waals surface area contributed by atoms with Crippen LogP contribution in [-0.4, -0.2) is 24.6 Å². The number of benzene rings is 2. The van der Waals surface area contributed by atoms with Gasteiger partial charge in [-0.3, -0.25) is 0 Å². The Morgan fingerprint density at radius 2 is 1.78 bits per heavy atom. The summed E-state index contributed by atoms with van der Waals surface area (Å²) < 4.78 is 2.68. The third kappa shape index (κ3) is 3.89. The molecule has 1 aromatic heterocycles. The second-order valence-electron chi connectivity index (χ2n) is 5.63. The van der Waals surface area contributed by atoms with Crippen LogP contribution < -0.4 is 0 Å². The van der Waals surface area contributed by atoms with Crippen LogP contribution in [-0.2, 0) is 5.75 Å². The molecule has 0 saturated carbocycles. The molecule has 0 aliphatic carbocycles. The summed E-state index contributed by atoms with van der Waals surface area (Å²) in [6, 6.07) is 14.4. The third-order valence-corrected chi connectivity index (χ3v) is 7.69. The molecule has 0 atom stereocenters. The van der Waals surface area contributed by atoms with E-state index in [0.29, 0.717) is 20.3 Å². The van der Waals surface area contributed by atoms with E-state index in [1.54, 1.807) is 6.07 Å². The fourth-order valence-corrected chi connectivity index (χ4v) is 5.79. The minimum absolute atomic E-state index is 0.304. The molecule has 0 bridgehead atoms. The summed E-state index contributed by atoms with van der Waals surface area (Å²) in [7, 11) is 0. The Balaban J connectivity index is 1.76. The molecule has 0 aliphatic rings. The van der Waals surface area contributed by atoms with Gasteiger partial charge in [0, 0.05) is 0 Å². The van der Waals surface area contributed by atoms with E-state index in [9.17, 15) is 5.11 Å². The van der Waals surface area contributed by atoms with Crippen LogP contribution in [0.3, 0.4) is 0 Å². The molecule has 4 heteroatoms. The van der Waals surface area contributed by atoms with Gasteiger partial charge in [-0.25, -0.2) is 0 Å². The van der Waals surface area contributed by atoms with Crippen LogP contribution in [0.5, 0.6) is 5.75 Å². The van der Waals surface area contributed by atoms with Crippen molar-refractivity contribution in [3.05, 3.63) is 63.7 Å². The van der Waals surface area contributed by atoms with Gasteiger partial charge in [-0.2, -0.15) is 0 Å². The molecule has 2 aromatic carbocycles. The fourth-order valence-electron chi connectivity index (χ4n) is 2.25. The average molecular weight is 388 g/mol. The van der Waals surface area contributed by atoms with Crippen molar-refractivity contribution < 1.29 is 5.11 Å². The molecule has 23 heavy (non-hydrogen) atoms. The minimum atomic E-state index is 0.304. The zero-order valence-corrected chi connectivity index (χ0v) is 16.0. The van der Waals surface area contributed by atoms with Crippen molar-refractivity contribution in [3.63, 3.8) is 0 Å². The first-order chi connectivity index (χ1) is 11.0. The molecule has 0 amide bonds. The van der Waals surface area contributed by atoms with Gasteiger partial charge in [0.2, 0.25) is 0 Å². The van der Waals surface area contributed by atoms with E-state index < -0.39 is 0 Å². The van der Waals surface area contributed by atoms with Crippen LogP contribution >= 0.6 is 11.8 Å². The third-order valence-electron chi connectivity index (χ3n) is 3.73. The maximum absolute atomic E-state index is 9.61. The van der Waals surface area contributed by atoms with Gasteiger partial charge in [0.15, 0.2) is 0 Å². The summed E-state index contributed by atoms with van der Waals surface area (Å²) in [6.45, 7) is 6.15. The predicted octanol–water partition coefficient (Wildman–Crippen LogP) is 4.73. The van der Waals surface area contributed by atoms with Crippen molar-refractivity contribution in [3.8, 4) is 15.9 Å². The molecule has 0 spiro atoms. The zero-order chi connectivity index (χ0) is 16.4. The number of aryl methyl sites for hydroxylation is 3. The second kappa shape index (κ2) is 6.96. The molecule has 118 valence electrons. The number of hydrogen-bond acceptors (Lipinski definition) is 3. The Morgan fingerprint density at radius 1 is 1.04 bits per heavy atom. The van der Waals surface area contributed by atoms with Gasteiger partial charge in [0.25, 0.3) is 0 Å². The summed E-state index contributed by atoms with van der Waals surface area (Å²) in [6.07, 6.45) is 0. The van der Waals surface area contributed by atoms with Crippen LogP contribution in [0.25, 0.3) is 10.1 Å². The van der Waals surface area contributed by atoms with Gasteiger partial charge in [-0.05, 0) is 0 Å². The Morgan fingerprint density at radius 3 is 2.48 bits per heavy atom. The summed E-state index contributed by atoms with van der Waals surface area (Å²) in [5.41, 5.74) is 4.62. The first-order valence-electron chi connectivity index (χ1n) is 7.48. The van der Waals surface area contributed by atoms with Gasteiger partial charge in [-0.1, -0.05) is 0 Å². The molecular formula is C19H19NOSSe. The van der Waals surface area contributed by atoms with Gasteiger partial charge >= 0.3 is 147 Å². The van der Waals surface area contributed by atoms with Gasteiger partial charge in [-0.15, -0.1) is 0 Å². The fraction of sp³-hybridized carbons (Fsp3) is 0.211. The van der Waals surface area contributed by atoms with Crippen LogP contribution in [0.2, 0.25) is 0 Å². The quantitative estimate of drug-likeness (QED) is 0.518. The summed E-state index contributed by atoms with van der Waals surface area (Å²) in [4.78, 5) is 5.98. The van der Waals surface area contributed by atoms with E-state index in [1.165, 1.54) is 30.7 Å². The van der Waals surface area contributed by atoms with Crippen molar-refractivity contribution in [1.82, 2.24) is 4.98 Å². The van der Waals surface area contributed by atoms with E-state index in [-0.39, 0.29) is 0 Å². The molecule has 1 N–H and O–H groups in total. The van der Waals surface area contributed by atoms with E-state index in [0.717, 1.165) is 11.3 Å². The second-order valence-corrected chi connectivity index (χ2v) is 8.95. The Hall–Kier alpha value is -1.48. The van der Waals surface area contributed by atoms with Gasteiger partial charge in [0.05, 0.1) is 0 Å². The van der Waals surface area contributed by atoms with Crippen molar-refractivity contribution in [2.75, 3.05) is 0 Å². The molecule has 0 fully saturated rings. The number of rotatable bonds is 4. The maximum atomic E-state index is 9.61. The number of phenolic OH excluding ortho intramolecular Hbond substituents is 1. The normalized spacial score (nSPS) is 10.9. The molecule has 2 nitrogen and oxygen atoms in total. The Kier molecular flexibility index (Phi) is 4.96. The van der Waals surface area contributed by atoms with Crippen LogP contribution in [0.1, 0.15) is 21.3 Å². The number of thioether (sulfide) groups is 1. The number of phenols is 1. The van der Waals surface area contributed by atoms with Crippen LogP contribution in [0.15, 0.2) is 47.4 Å². The monoisotopic (exact) mass is 389 g/mol. The Labute approximate surface area is 147 Å². The predicted molar refractivity (Wildman–Crippen MR) is 98.5 cm³/mol. The first-order valence-corrected chi connectivity index (χ1v) is 10.2. The molecular weight excluding hydrogens is 369 g/mol. The molecule has 0 unspecified atom stereocenters. The van der Waals surface area contributed by atoms with Crippen LogP contribution in [0.4, 0.5) is 0 Å². The average Bonchev–Trinajstić information content (AvgIpc) is 2.90. The van der Waals surface area contributed by atoms with Gasteiger partial charge < -0.3 is 0 Å². The SMILES string of the molecule is Cc1ccc(-c2nc(C)c(CSc3ccc(O)c(C)c3)[se]2)cc1. The molecule has 3 aromatic rings. The summed E-state index contributed by atoms with van der Waals surface area (Å²) >= 11 is 2.12. The molecule has 0 saturated heterocycles. The van der Waals surface area contributed by atoms with Crippen molar-refractivity contribution in [2.24, 2.45) is 0 Å². The van der Waals surface area contributed by atoms with E-state index in [4.69, 9.17) is 4.98 Å². The number of aromatic hydroxyl groups is 1. The Bertz CT molecular complexity index is 824.